The molecule has 2 aromatic rings. The van der Waals surface area contributed by atoms with Crippen LogP contribution in [0.1, 0.15) is 24.0 Å². The number of hydrogen-bond acceptors (Lipinski definition) is 1. The first-order valence-corrected chi connectivity index (χ1v) is 7.62. The summed E-state index contributed by atoms with van der Waals surface area (Å²) in [7, 11) is 0. The highest BCUT2D eigenvalue weighted by Gasteiger charge is 2.44. The summed E-state index contributed by atoms with van der Waals surface area (Å²) >= 11 is 5.93. The molecule has 3 heteroatoms. The van der Waals surface area contributed by atoms with Crippen molar-refractivity contribution in [2.24, 2.45) is 0 Å². The maximum absolute atomic E-state index is 12.0. The van der Waals surface area contributed by atoms with Crippen LogP contribution in [-0.4, -0.2) is 12.5 Å². The van der Waals surface area contributed by atoms with Gasteiger partial charge in [-0.1, -0.05) is 54.1 Å². The van der Waals surface area contributed by atoms with E-state index in [0.717, 1.165) is 23.4 Å². The van der Waals surface area contributed by atoms with Crippen LogP contribution < -0.4 is 5.32 Å². The average molecular weight is 300 g/mol. The van der Waals surface area contributed by atoms with E-state index in [0.29, 0.717) is 13.0 Å². The van der Waals surface area contributed by atoms with Gasteiger partial charge < -0.3 is 5.32 Å². The standard InChI is InChI=1S/C18H18ClNO/c19-16-8-6-15(7-9-16)18(10-11-18)13-20-17(21)12-14-4-2-1-3-5-14/h1-9H,10-13H2,(H,20,21). The number of benzene rings is 2. The van der Waals surface area contributed by atoms with Crippen molar-refractivity contribution >= 4 is 17.5 Å². The summed E-state index contributed by atoms with van der Waals surface area (Å²) in [5.74, 6) is 0.0847. The Balaban J connectivity index is 1.57. The molecule has 0 bridgehead atoms. The Morgan fingerprint density at radius 2 is 1.71 bits per heavy atom. The molecule has 0 aliphatic heterocycles. The largest absolute Gasteiger partial charge is 0.355 e. The molecule has 0 unspecified atom stereocenters. The molecule has 1 saturated carbocycles. The SMILES string of the molecule is O=C(Cc1ccccc1)NCC1(c2ccc(Cl)cc2)CC1. The fourth-order valence-electron chi connectivity index (χ4n) is 2.63. The minimum atomic E-state index is 0.0847. The van der Waals surface area contributed by atoms with Gasteiger partial charge in [0.1, 0.15) is 0 Å². The second-order valence-electron chi connectivity index (χ2n) is 5.73. The van der Waals surface area contributed by atoms with Gasteiger partial charge in [-0.15, -0.1) is 0 Å². The van der Waals surface area contributed by atoms with Crippen LogP contribution >= 0.6 is 11.6 Å². The van der Waals surface area contributed by atoms with E-state index in [1.54, 1.807) is 0 Å². The minimum absolute atomic E-state index is 0.0847. The summed E-state index contributed by atoms with van der Waals surface area (Å²) in [5.41, 5.74) is 2.44. The Morgan fingerprint density at radius 3 is 2.33 bits per heavy atom. The molecule has 2 aromatic carbocycles. The van der Waals surface area contributed by atoms with Crippen LogP contribution in [0.15, 0.2) is 54.6 Å². The van der Waals surface area contributed by atoms with Gasteiger partial charge in [0, 0.05) is 17.0 Å². The van der Waals surface area contributed by atoms with Crippen LogP contribution in [0.4, 0.5) is 0 Å². The Hall–Kier alpha value is -1.80. The molecule has 1 N–H and O–H groups in total. The second-order valence-corrected chi connectivity index (χ2v) is 6.16. The van der Waals surface area contributed by atoms with E-state index >= 15 is 0 Å². The van der Waals surface area contributed by atoms with Crippen molar-refractivity contribution in [3.63, 3.8) is 0 Å². The molecule has 0 radical (unpaired) electrons. The van der Waals surface area contributed by atoms with Gasteiger partial charge in [0.25, 0.3) is 0 Å². The van der Waals surface area contributed by atoms with Gasteiger partial charge in [-0.3, -0.25) is 4.79 Å². The van der Waals surface area contributed by atoms with E-state index in [1.165, 1.54) is 5.56 Å². The number of hydrogen-bond donors (Lipinski definition) is 1. The van der Waals surface area contributed by atoms with Crippen molar-refractivity contribution < 1.29 is 4.79 Å². The number of rotatable bonds is 5. The summed E-state index contributed by atoms with van der Waals surface area (Å²) in [6.07, 6.45) is 2.69. The summed E-state index contributed by atoms with van der Waals surface area (Å²) < 4.78 is 0. The molecule has 1 amide bonds. The zero-order valence-electron chi connectivity index (χ0n) is 11.8. The van der Waals surface area contributed by atoms with Crippen LogP contribution in [0.2, 0.25) is 5.02 Å². The molecule has 108 valence electrons. The molecule has 0 atom stereocenters. The fourth-order valence-corrected chi connectivity index (χ4v) is 2.76. The topological polar surface area (TPSA) is 29.1 Å². The number of nitrogens with one attached hydrogen (secondary N) is 1. The molecular weight excluding hydrogens is 282 g/mol. The Bertz CT molecular complexity index is 617. The van der Waals surface area contributed by atoms with Crippen LogP contribution in [0, 0.1) is 0 Å². The zero-order valence-corrected chi connectivity index (χ0v) is 12.6. The van der Waals surface area contributed by atoms with E-state index in [1.807, 2.05) is 42.5 Å². The average Bonchev–Trinajstić information content (AvgIpc) is 3.28. The Kier molecular flexibility index (Phi) is 3.98. The smallest absolute Gasteiger partial charge is 0.224 e. The lowest BCUT2D eigenvalue weighted by Gasteiger charge is -2.16. The van der Waals surface area contributed by atoms with E-state index in [2.05, 4.69) is 17.4 Å². The molecule has 0 saturated heterocycles. The third-order valence-corrected chi connectivity index (χ3v) is 4.39. The van der Waals surface area contributed by atoms with Crippen LogP contribution in [0.5, 0.6) is 0 Å². The fraction of sp³-hybridized carbons (Fsp3) is 0.278. The van der Waals surface area contributed by atoms with Crippen LogP contribution in [0.3, 0.4) is 0 Å². The van der Waals surface area contributed by atoms with E-state index < -0.39 is 0 Å². The molecule has 21 heavy (non-hydrogen) atoms. The minimum Gasteiger partial charge on any atom is -0.355 e. The maximum Gasteiger partial charge on any atom is 0.224 e. The Morgan fingerprint density at radius 1 is 1.05 bits per heavy atom. The highest BCUT2D eigenvalue weighted by Crippen LogP contribution is 2.47. The molecule has 0 heterocycles. The van der Waals surface area contributed by atoms with Gasteiger partial charge in [0.15, 0.2) is 0 Å². The molecule has 0 aromatic heterocycles. The summed E-state index contributed by atoms with van der Waals surface area (Å²) in [6.45, 7) is 0.709. The first-order chi connectivity index (χ1) is 10.2. The quantitative estimate of drug-likeness (QED) is 0.895. The van der Waals surface area contributed by atoms with Crippen molar-refractivity contribution in [2.75, 3.05) is 6.54 Å². The van der Waals surface area contributed by atoms with E-state index in [4.69, 9.17) is 11.6 Å². The van der Waals surface area contributed by atoms with E-state index in [9.17, 15) is 4.79 Å². The lowest BCUT2D eigenvalue weighted by molar-refractivity contribution is -0.120. The number of carbonyl (C=O) groups excluding carboxylic acids is 1. The van der Waals surface area contributed by atoms with Crippen molar-refractivity contribution in [1.82, 2.24) is 5.32 Å². The molecule has 1 aliphatic carbocycles. The van der Waals surface area contributed by atoms with Crippen LogP contribution in [0.25, 0.3) is 0 Å². The van der Waals surface area contributed by atoms with Crippen molar-refractivity contribution in [2.45, 2.75) is 24.7 Å². The van der Waals surface area contributed by atoms with Gasteiger partial charge in [-0.25, -0.2) is 0 Å². The number of halogens is 1. The van der Waals surface area contributed by atoms with Gasteiger partial charge in [-0.2, -0.15) is 0 Å². The third kappa shape index (κ3) is 3.45. The third-order valence-electron chi connectivity index (χ3n) is 4.14. The molecule has 1 aliphatic rings. The van der Waals surface area contributed by atoms with Gasteiger partial charge >= 0.3 is 0 Å². The Labute approximate surface area is 130 Å². The molecule has 0 spiro atoms. The highest BCUT2D eigenvalue weighted by atomic mass is 35.5. The first-order valence-electron chi connectivity index (χ1n) is 7.25. The van der Waals surface area contributed by atoms with E-state index in [-0.39, 0.29) is 11.3 Å². The predicted octanol–water partition coefficient (Wildman–Crippen LogP) is 3.73. The van der Waals surface area contributed by atoms with Gasteiger partial charge in [0.05, 0.1) is 6.42 Å². The van der Waals surface area contributed by atoms with Crippen molar-refractivity contribution in [3.05, 3.63) is 70.7 Å². The number of amides is 1. The van der Waals surface area contributed by atoms with Crippen molar-refractivity contribution in [3.8, 4) is 0 Å². The van der Waals surface area contributed by atoms with Gasteiger partial charge in [-0.05, 0) is 36.1 Å². The lowest BCUT2D eigenvalue weighted by Crippen LogP contribution is -2.33. The molecule has 2 nitrogen and oxygen atoms in total. The summed E-state index contributed by atoms with van der Waals surface area (Å²) in [6, 6.07) is 17.8. The number of carbonyl (C=O) groups is 1. The first kappa shape index (κ1) is 14.2. The molecule has 1 fully saturated rings. The molecular formula is C18H18ClNO. The monoisotopic (exact) mass is 299 g/mol. The lowest BCUT2D eigenvalue weighted by atomic mass is 9.96. The summed E-state index contributed by atoms with van der Waals surface area (Å²) in [4.78, 5) is 12.0. The highest BCUT2D eigenvalue weighted by molar-refractivity contribution is 6.30. The second kappa shape index (κ2) is 5.90. The van der Waals surface area contributed by atoms with Gasteiger partial charge in [0.2, 0.25) is 5.91 Å². The zero-order chi connectivity index (χ0) is 14.7. The van der Waals surface area contributed by atoms with Crippen LogP contribution in [-0.2, 0) is 16.6 Å². The summed E-state index contributed by atoms with van der Waals surface area (Å²) in [5, 5.41) is 3.83. The molecule has 3 rings (SSSR count). The maximum atomic E-state index is 12.0. The predicted molar refractivity (Wildman–Crippen MR) is 85.5 cm³/mol. The normalized spacial score (nSPS) is 15.5. The van der Waals surface area contributed by atoms with Crippen molar-refractivity contribution in [1.29, 1.82) is 0 Å².